The van der Waals surface area contributed by atoms with E-state index in [1.54, 1.807) is 15.5 Å². The Kier molecular flexibility index (Phi) is 4.79. The molecule has 9 heteroatoms. The van der Waals surface area contributed by atoms with Crippen LogP contribution in [0.1, 0.15) is 32.2 Å². The molecule has 2 aromatic heterocycles. The predicted octanol–water partition coefficient (Wildman–Crippen LogP) is 0.346. The summed E-state index contributed by atoms with van der Waals surface area (Å²) in [5, 5.41) is 22.4. The number of carbonyl (C=O) groups is 3. The Morgan fingerprint density at radius 3 is 2.70 bits per heavy atom. The minimum absolute atomic E-state index is 0.0605. The monoisotopic (exact) mass is 320 g/mol. The van der Waals surface area contributed by atoms with E-state index in [1.807, 2.05) is 19.3 Å². The third-order valence-corrected chi connectivity index (χ3v) is 3.59. The zero-order valence-corrected chi connectivity index (χ0v) is 12.4. The fourth-order valence-corrected chi connectivity index (χ4v) is 2.51. The molecule has 0 fully saturated rings. The van der Waals surface area contributed by atoms with Crippen LogP contribution in [0.2, 0.25) is 0 Å². The molecule has 1 aliphatic heterocycles. The molecule has 1 amide bonds. The van der Waals surface area contributed by atoms with Gasteiger partial charge in [0.25, 0.3) is 12.4 Å². The van der Waals surface area contributed by atoms with Gasteiger partial charge in [-0.05, 0) is 18.6 Å². The number of aryl methyl sites for hydroxylation is 1. The molecule has 1 aliphatic rings. The molecule has 3 rings (SSSR count). The van der Waals surface area contributed by atoms with Crippen molar-refractivity contribution in [1.29, 1.82) is 0 Å². The van der Waals surface area contributed by atoms with E-state index < -0.39 is 5.97 Å². The van der Waals surface area contributed by atoms with E-state index in [1.165, 1.54) is 0 Å². The number of hydrogen-bond acceptors (Lipinski definition) is 4. The largest absolute Gasteiger partial charge is 0.483 e. The average molecular weight is 320 g/mol. The lowest BCUT2D eigenvalue weighted by Crippen LogP contribution is -2.37. The fraction of sp³-hybridized carbons (Fsp3) is 0.286. The molecular formula is C14H16N4O5. The van der Waals surface area contributed by atoms with E-state index in [2.05, 4.69) is 10.2 Å². The third-order valence-electron chi connectivity index (χ3n) is 3.59. The number of H-pyrrole nitrogens is 1. The van der Waals surface area contributed by atoms with Gasteiger partial charge in [0.2, 0.25) is 0 Å². The van der Waals surface area contributed by atoms with Crippen molar-refractivity contribution in [1.82, 2.24) is 19.7 Å². The van der Waals surface area contributed by atoms with Crippen LogP contribution in [0.5, 0.6) is 0 Å². The molecule has 0 aromatic carbocycles. The number of hydrogen-bond donors (Lipinski definition) is 3. The van der Waals surface area contributed by atoms with E-state index >= 15 is 0 Å². The number of carboxylic acids is 1. The normalized spacial score (nSPS) is 12.8. The van der Waals surface area contributed by atoms with E-state index in [0.29, 0.717) is 36.5 Å². The molecule has 2 aromatic rings. The Labute approximate surface area is 131 Å². The molecule has 0 atom stereocenters. The Morgan fingerprint density at radius 2 is 2.13 bits per heavy atom. The Morgan fingerprint density at radius 1 is 1.43 bits per heavy atom. The molecule has 122 valence electrons. The predicted molar refractivity (Wildman–Crippen MR) is 78.1 cm³/mol. The number of carbonyl (C=O) groups excluding carboxylic acids is 1. The van der Waals surface area contributed by atoms with Gasteiger partial charge in [-0.1, -0.05) is 0 Å². The SMILES string of the molecule is Cn1cccc1C(=O)N1CCc2c(C(=O)O)n[nH]c2C1.O=CO. The molecule has 3 heterocycles. The van der Waals surface area contributed by atoms with Gasteiger partial charge in [0, 0.05) is 25.4 Å². The lowest BCUT2D eigenvalue weighted by Gasteiger charge is -2.26. The van der Waals surface area contributed by atoms with Crippen LogP contribution < -0.4 is 0 Å². The zero-order chi connectivity index (χ0) is 17.0. The summed E-state index contributed by atoms with van der Waals surface area (Å²) in [5.41, 5.74) is 2.09. The lowest BCUT2D eigenvalue weighted by atomic mass is 10.0. The van der Waals surface area contributed by atoms with Crippen LogP contribution in [0.25, 0.3) is 0 Å². The van der Waals surface area contributed by atoms with Crippen LogP contribution in [0.4, 0.5) is 0 Å². The minimum Gasteiger partial charge on any atom is -0.483 e. The molecule has 0 unspecified atom stereocenters. The van der Waals surface area contributed by atoms with Crippen LogP contribution in [-0.2, 0) is 24.8 Å². The highest BCUT2D eigenvalue weighted by molar-refractivity contribution is 5.93. The van der Waals surface area contributed by atoms with Gasteiger partial charge in [0.05, 0.1) is 12.2 Å². The Hall–Kier alpha value is -3.10. The number of aromatic amines is 1. The number of nitrogens with one attached hydrogen (secondary N) is 1. The molecule has 9 nitrogen and oxygen atoms in total. The number of nitrogens with zero attached hydrogens (tertiary/aromatic N) is 3. The zero-order valence-electron chi connectivity index (χ0n) is 12.4. The van der Waals surface area contributed by atoms with E-state index in [4.69, 9.17) is 15.0 Å². The maximum Gasteiger partial charge on any atom is 0.356 e. The summed E-state index contributed by atoms with van der Waals surface area (Å²) in [6.07, 6.45) is 2.32. The number of amides is 1. The molecule has 0 bridgehead atoms. The highest BCUT2D eigenvalue weighted by Gasteiger charge is 2.28. The molecule has 0 aliphatic carbocycles. The van der Waals surface area contributed by atoms with Gasteiger partial charge < -0.3 is 19.7 Å². The quantitative estimate of drug-likeness (QED) is 0.685. The van der Waals surface area contributed by atoms with Crippen molar-refractivity contribution in [2.45, 2.75) is 13.0 Å². The minimum atomic E-state index is -1.04. The van der Waals surface area contributed by atoms with Crippen molar-refractivity contribution in [3.63, 3.8) is 0 Å². The standard InChI is InChI=1S/C13H14N4O3.CH2O2/c1-16-5-2-3-10(16)12(18)17-6-4-8-9(7-17)14-15-11(8)13(19)20;2-1-3/h2-3,5H,4,6-7H2,1H3,(H,14,15)(H,19,20);1H,(H,2,3). The fourth-order valence-electron chi connectivity index (χ4n) is 2.51. The molecule has 0 saturated heterocycles. The highest BCUT2D eigenvalue weighted by atomic mass is 16.4. The first-order valence-electron chi connectivity index (χ1n) is 6.77. The summed E-state index contributed by atoms with van der Waals surface area (Å²) in [5.74, 6) is -1.10. The third kappa shape index (κ3) is 3.23. The van der Waals surface area contributed by atoms with Crippen molar-refractivity contribution in [3.05, 3.63) is 41.0 Å². The molecule has 0 saturated carbocycles. The lowest BCUT2D eigenvalue weighted by molar-refractivity contribution is -0.122. The molecule has 3 N–H and O–H groups in total. The number of aromatic carboxylic acids is 1. The summed E-state index contributed by atoms with van der Waals surface area (Å²) in [7, 11) is 1.82. The van der Waals surface area contributed by atoms with Crippen LogP contribution >= 0.6 is 0 Å². The summed E-state index contributed by atoms with van der Waals surface area (Å²) >= 11 is 0. The summed E-state index contributed by atoms with van der Waals surface area (Å²) < 4.78 is 1.77. The van der Waals surface area contributed by atoms with Gasteiger partial charge in [-0.2, -0.15) is 5.10 Å². The van der Waals surface area contributed by atoms with Crippen molar-refractivity contribution in [2.75, 3.05) is 6.54 Å². The van der Waals surface area contributed by atoms with Gasteiger partial charge in [0.1, 0.15) is 5.69 Å². The smallest absolute Gasteiger partial charge is 0.356 e. The number of rotatable bonds is 2. The first-order valence-corrected chi connectivity index (χ1v) is 6.77. The second kappa shape index (κ2) is 6.77. The van der Waals surface area contributed by atoms with Gasteiger partial charge in [-0.25, -0.2) is 4.79 Å². The van der Waals surface area contributed by atoms with Crippen molar-refractivity contribution < 1.29 is 24.6 Å². The van der Waals surface area contributed by atoms with Crippen LogP contribution in [0, 0.1) is 0 Å². The first kappa shape index (κ1) is 16.3. The Bertz CT molecular complexity index is 733. The van der Waals surface area contributed by atoms with Crippen LogP contribution in [0.3, 0.4) is 0 Å². The topological polar surface area (TPSA) is 129 Å². The van der Waals surface area contributed by atoms with E-state index in [9.17, 15) is 9.59 Å². The highest BCUT2D eigenvalue weighted by Crippen LogP contribution is 2.21. The first-order chi connectivity index (χ1) is 11.0. The summed E-state index contributed by atoms with van der Waals surface area (Å²) in [6.45, 7) is 0.608. The van der Waals surface area contributed by atoms with Gasteiger partial charge in [-0.15, -0.1) is 0 Å². The van der Waals surface area contributed by atoms with E-state index in [-0.39, 0.29) is 18.1 Å². The second-order valence-electron chi connectivity index (χ2n) is 4.92. The Balaban J connectivity index is 0.000000595. The van der Waals surface area contributed by atoms with Crippen LogP contribution in [-0.4, -0.2) is 54.8 Å². The molecule has 0 spiro atoms. The maximum absolute atomic E-state index is 12.4. The molecule has 0 radical (unpaired) electrons. The second-order valence-corrected chi connectivity index (χ2v) is 4.92. The van der Waals surface area contributed by atoms with Crippen LogP contribution in [0.15, 0.2) is 18.3 Å². The number of carboxylic acid groups (broad SMARTS) is 2. The number of fused-ring (bicyclic) bond motifs is 1. The molecule has 23 heavy (non-hydrogen) atoms. The average Bonchev–Trinajstić information content (AvgIpc) is 3.12. The van der Waals surface area contributed by atoms with Gasteiger partial charge in [0.15, 0.2) is 5.69 Å². The number of aromatic nitrogens is 3. The van der Waals surface area contributed by atoms with Crippen molar-refractivity contribution in [2.24, 2.45) is 7.05 Å². The summed E-state index contributed by atoms with van der Waals surface area (Å²) in [4.78, 5) is 33.5. The molecular weight excluding hydrogens is 304 g/mol. The van der Waals surface area contributed by atoms with Gasteiger partial charge in [-0.3, -0.25) is 14.7 Å². The van der Waals surface area contributed by atoms with Gasteiger partial charge >= 0.3 is 5.97 Å². The van der Waals surface area contributed by atoms with E-state index in [0.717, 1.165) is 0 Å². The maximum atomic E-state index is 12.4. The van der Waals surface area contributed by atoms with Crippen molar-refractivity contribution >= 4 is 18.3 Å². The summed E-state index contributed by atoms with van der Waals surface area (Å²) in [6, 6.07) is 3.59. The van der Waals surface area contributed by atoms with Crippen molar-refractivity contribution in [3.8, 4) is 0 Å².